The summed E-state index contributed by atoms with van der Waals surface area (Å²) in [4.78, 5) is 15.9. The Morgan fingerprint density at radius 1 is 1.30 bits per heavy atom. The van der Waals surface area contributed by atoms with Gasteiger partial charge in [0, 0.05) is 37.2 Å². The average Bonchev–Trinajstić information content (AvgIpc) is 2.47. The molecule has 0 aliphatic carbocycles. The smallest absolute Gasteiger partial charge is 0.255 e. The Balaban J connectivity index is 2.11. The van der Waals surface area contributed by atoms with E-state index >= 15 is 0 Å². The van der Waals surface area contributed by atoms with Gasteiger partial charge in [0.15, 0.2) is 0 Å². The van der Waals surface area contributed by atoms with Crippen molar-refractivity contribution < 1.29 is 13.6 Å². The van der Waals surface area contributed by atoms with Crippen LogP contribution in [0.3, 0.4) is 0 Å². The topological polar surface area (TPSA) is 54.0 Å². The molecule has 0 aliphatic rings. The molecule has 2 rings (SSSR count). The Bertz CT molecular complexity index is 632. The Hall–Kier alpha value is -2.50. The number of halogens is 2. The first-order chi connectivity index (χ1) is 9.61. The molecular formula is C14H13F2N3O. The van der Waals surface area contributed by atoms with Gasteiger partial charge in [-0.1, -0.05) is 0 Å². The van der Waals surface area contributed by atoms with Crippen LogP contribution < -0.4 is 10.6 Å². The first-order valence-corrected chi connectivity index (χ1v) is 5.95. The Morgan fingerprint density at radius 2 is 2.10 bits per heavy atom. The van der Waals surface area contributed by atoms with Crippen LogP contribution in [0.25, 0.3) is 0 Å². The van der Waals surface area contributed by atoms with Gasteiger partial charge >= 0.3 is 0 Å². The summed E-state index contributed by atoms with van der Waals surface area (Å²) >= 11 is 0. The zero-order valence-corrected chi connectivity index (χ0v) is 10.8. The van der Waals surface area contributed by atoms with Crippen molar-refractivity contribution in [1.29, 1.82) is 0 Å². The highest BCUT2D eigenvalue weighted by Crippen LogP contribution is 2.13. The van der Waals surface area contributed by atoms with Gasteiger partial charge in [-0.2, -0.15) is 0 Å². The summed E-state index contributed by atoms with van der Waals surface area (Å²) in [6.45, 7) is -0.0968. The lowest BCUT2D eigenvalue weighted by atomic mass is 10.2. The zero-order chi connectivity index (χ0) is 14.5. The molecule has 2 aromatic rings. The molecule has 2 N–H and O–H groups in total. The molecule has 1 amide bonds. The molecule has 6 heteroatoms. The fourth-order valence-corrected chi connectivity index (χ4v) is 1.74. The Labute approximate surface area is 114 Å². The van der Waals surface area contributed by atoms with Crippen LogP contribution in [0.15, 0.2) is 36.7 Å². The standard InChI is InChI=1S/C14H13F2N3O/c1-17-13-4-5-18-8-11(13)14(20)19-7-9-6-10(15)2-3-12(9)16/h2-6,8H,7H2,1H3,(H,17,18)(H,19,20). The zero-order valence-electron chi connectivity index (χ0n) is 10.8. The monoisotopic (exact) mass is 277 g/mol. The van der Waals surface area contributed by atoms with E-state index in [9.17, 15) is 13.6 Å². The van der Waals surface area contributed by atoms with Crippen molar-refractivity contribution in [2.24, 2.45) is 0 Å². The molecule has 1 aromatic carbocycles. The summed E-state index contributed by atoms with van der Waals surface area (Å²) in [6.07, 6.45) is 2.96. The van der Waals surface area contributed by atoms with E-state index in [-0.39, 0.29) is 12.1 Å². The lowest BCUT2D eigenvalue weighted by Gasteiger charge is -2.09. The molecule has 104 valence electrons. The van der Waals surface area contributed by atoms with Crippen LogP contribution in [-0.2, 0) is 6.54 Å². The van der Waals surface area contributed by atoms with Gasteiger partial charge in [0.25, 0.3) is 5.91 Å². The van der Waals surface area contributed by atoms with Crippen molar-refractivity contribution in [1.82, 2.24) is 10.3 Å². The molecular weight excluding hydrogens is 264 g/mol. The second-order valence-electron chi connectivity index (χ2n) is 4.09. The predicted octanol–water partition coefficient (Wildman–Crippen LogP) is 2.33. The van der Waals surface area contributed by atoms with E-state index in [1.165, 1.54) is 6.20 Å². The molecule has 1 heterocycles. The van der Waals surface area contributed by atoms with E-state index in [1.54, 1.807) is 19.3 Å². The molecule has 0 atom stereocenters. The van der Waals surface area contributed by atoms with Gasteiger partial charge in [-0.3, -0.25) is 9.78 Å². The maximum absolute atomic E-state index is 13.4. The van der Waals surface area contributed by atoms with Crippen molar-refractivity contribution in [3.63, 3.8) is 0 Å². The lowest BCUT2D eigenvalue weighted by Crippen LogP contribution is -2.24. The predicted molar refractivity (Wildman–Crippen MR) is 71.3 cm³/mol. The highest BCUT2D eigenvalue weighted by atomic mass is 19.1. The van der Waals surface area contributed by atoms with Crippen LogP contribution in [0.5, 0.6) is 0 Å². The van der Waals surface area contributed by atoms with Gasteiger partial charge in [0.2, 0.25) is 0 Å². The molecule has 0 saturated carbocycles. The van der Waals surface area contributed by atoms with E-state index in [4.69, 9.17) is 0 Å². The first kappa shape index (κ1) is 13.9. The number of anilines is 1. The number of hydrogen-bond acceptors (Lipinski definition) is 3. The maximum Gasteiger partial charge on any atom is 0.255 e. The summed E-state index contributed by atoms with van der Waals surface area (Å²) in [5.41, 5.74) is 1.04. The Morgan fingerprint density at radius 3 is 2.85 bits per heavy atom. The van der Waals surface area contributed by atoms with Crippen LogP contribution in [0.2, 0.25) is 0 Å². The molecule has 0 aliphatic heterocycles. The fraction of sp³-hybridized carbons (Fsp3) is 0.143. The van der Waals surface area contributed by atoms with Crippen LogP contribution in [0.1, 0.15) is 15.9 Å². The minimum atomic E-state index is -0.563. The molecule has 20 heavy (non-hydrogen) atoms. The molecule has 0 saturated heterocycles. The highest BCUT2D eigenvalue weighted by molar-refractivity contribution is 5.99. The van der Waals surface area contributed by atoms with Gasteiger partial charge in [0.1, 0.15) is 11.6 Å². The maximum atomic E-state index is 13.4. The third-order valence-corrected chi connectivity index (χ3v) is 2.78. The molecule has 1 aromatic heterocycles. The average molecular weight is 277 g/mol. The SMILES string of the molecule is CNc1ccncc1C(=O)NCc1cc(F)ccc1F. The number of carbonyl (C=O) groups is 1. The number of benzene rings is 1. The van der Waals surface area contributed by atoms with E-state index in [1.807, 2.05) is 0 Å². The summed E-state index contributed by atoms with van der Waals surface area (Å²) in [6, 6.07) is 4.76. The molecule has 0 bridgehead atoms. The van der Waals surface area contributed by atoms with E-state index in [0.29, 0.717) is 11.3 Å². The number of nitrogens with one attached hydrogen (secondary N) is 2. The molecule has 0 radical (unpaired) electrons. The Kier molecular flexibility index (Phi) is 4.24. The molecule has 0 unspecified atom stereocenters. The third kappa shape index (κ3) is 3.09. The first-order valence-electron chi connectivity index (χ1n) is 5.95. The lowest BCUT2D eigenvalue weighted by molar-refractivity contribution is 0.0951. The largest absolute Gasteiger partial charge is 0.387 e. The fourth-order valence-electron chi connectivity index (χ4n) is 1.74. The second kappa shape index (κ2) is 6.10. The number of rotatable bonds is 4. The molecule has 0 spiro atoms. The number of hydrogen-bond donors (Lipinski definition) is 2. The number of pyridine rings is 1. The molecule has 0 fully saturated rings. The number of aromatic nitrogens is 1. The summed E-state index contributed by atoms with van der Waals surface area (Å²) < 4.78 is 26.4. The summed E-state index contributed by atoms with van der Waals surface area (Å²) in [7, 11) is 1.68. The van der Waals surface area contributed by atoms with Gasteiger partial charge in [-0.25, -0.2) is 8.78 Å². The van der Waals surface area contributed by atoms with E-state index in [2.05, 4.69) is 15.6 Å². The van der Waals surface area contributed by atoms with Crippen LogP contribution in [-0.4, -0.2) is 17.9 Å². The van der Waals surface area contributed by atoms with Crippen molar-refractivity contribution in [2.45, 2.75) is 6.54 Å². The van der Waals surface area contributed by atoms with Crippen molar-refractivity contribution in [3.05, 3.63) is 59.4 Å². The minimum Gasteiger partial charge on any atom is -0.387 e. The number of amides is 1. The van der Waals surface area contributed by atoms with Crippen molar-refractivity contribution in [2.75, 3.05) is 12.4 Å². The van der Waals surface area contributed by atoms with Crippen LogP contribution in [0, 0.1) is 11.6 Å². The van der Waals surface area contributed by atoms with Gasteiger partial charge in [0.05, 0.1) is 5.56 Å². The van der Waals surface area contributed by atoms with Crippen LogP contribution in [0.4, 0.5) is 14.5 Å². The van der Waals surface area contributed by atoms with Gasteiger partial charge < -0.3 is 10.6 Å². The number of nitrogens with zero attached hydrogens (tertiary/aromatic N) is 1. The van der Waals surface area contributed by atoms with Gasteiger partial charge in [-0.05, 0) is 24.3 Å². The number of carbonyl (C=O) groups excluding carboxylic acids is 1. The quantitative estimate of drug-likeness (QED) is 0.902. The van der Waals surface area contributed by atoms with Crippen molar-refractivity contribution >= 4 is 11.6 Å². The normalized spacial score (nSPS) is 10.2. The van der Waals surface area contributed by atoms with Gasteiger partial charge in [-0.15, -0.1) is 0 Å². The van der Waals surface area contributed by atoms with Crippen molar-refractivity contribution in [3.8, 4) is 0 Å². The van der Waals surface area contributed by atoms with E-state index < -0.39 is 17.5 Å². The molecule has 4 nitrogen and oxygen atoms in total. The van der Waals surface area contributed by atoms with Crippen LogP contribution >= 0.6 is 0 Å². The summed E-state index contributed by atoms with van der Waals surface area (Å²) in [5, 5.41) is 5.39. The highest BCUT2D eigenvalue weighted by Gasteiger charge is 2.11. The van der Waals surface area contributed by atoms with E-state index in [0.717, 1.165) is 18.2 Å². The summed E-state index contributed by atoms with van der Waals surface area (Å²) in [5.74, 6) is -1.52. The third-order valence-electron chi connectivity index (χ3n) is 2.78. The minimum absolute atomic E-state index is 0.0910. The second-order valence-corrected chi connectivity index (χ2v) is 4.09.